The van der Waals surface area contributed by atoms with Crippen LogP contribution in [0.25, 0.3) is 0 Å². The van der Waals surface area contributed by atoms with Crippen molar-refractivity contribution in [2.45, 2.75) is 352 Å². The summed E-state index contributed by atoms with van der Waals surface area (Å²) in [6.45, 7) is 3.69. The molecule has 9 nitrogen and oxygen atoms in total. The number of carbonyl (C=O) groups is 1. The Morgan fingerprint density at radius 1 is 0.393 bits per heavy atom. The van der Waals surface area contributed by atoms with Crippen LogP contribution in [0.4, 0.5) is 0 Å². The zero-order chi connectivity index (χ0) is 64.2. The molecule has 0 saturated carbocycles. The van der Waals surface area contributed by atoms with E-state index in [4.69, 9.17) is 9.47 Å². The van der Waals surface area contributed by atoms with Gasteiger partial charge in [0.2, 0.25) is 5.91 Å². The van der Waals surface area contributed by atoms with Crippen molar-refractivity contribution in [1.29, 1.82) is 0 Å². The Bertz CT molecular complexity index is 1870. The quantitative estimate of drug-likeness (QED) is 0.0261. The molecule has 0 aromatic rings. The van der Waals surface area contributed by atoms with Gasteiger partial charge in [-0.1, -0.05) is 340 Å². The molecule has 1 aliphatic heterocycles. The van der Waals surface area contributed by atoms with Gasteiger partial charge in [0.25, 0.3) is 0 Å². The number of aliphatic hydroxyl groups excluding tert-OH is 5. The van der Waals surface area contributed by atoms with E-state index in [1.807, 2.05) is 6.08 Å². The first-order chi connectivity index (χ1) is 43.8. The second kappa shape index (κ2) is 67.2. The number of nitrogens with one attached hydrogen (secondary N) is 1. The second-order valence-corrected chi connectivity index (χ2v) is 25.0. The number of aliphatic hydroxyl groups is 5. The van der Waals surface area contributed by atoms with E-state index in [0.717, 1.165) is 116 Å². The van der Waals surface area contributed by atoms with E-state index in [9.17, 15) is 30.3 Å². The van der Waals surface area contributed by atoms with Gasteiger partial charge >= 0.3 is 0 Å². The first-order valence-corrected chi connectivity index (χ1v) is 36.9. The summed E-state index contributed by atoms with van der Waals surface area (Å²) in [6, 6.07) is -0.821. The molecule has 1 amide bonds. The van der Waals surface area contributed by atoms with Crippen LogP contribution in [0.3, 0.4) is 0 Å². The SMILES string of the molecule is CC/C=C\C/C=C\C/C=C\C/C=C\C/C=C\C/C=C\C/C=C\C/C=C\C/C=C\C/C=C\CCCCCCCCCCC(=O)NC(COC1OC(CO)C(O)C(O)C1O)C(O)/C=C/CCCCCCCCCCCCCCCCCCCCCCCCCCC. The number of unbranched alkanes of at least 4 members (excludes halogenated alkanes) is 33. The van der Waals surface area contributed by atoms with Crippen molar-refractivity contribution in [1.82, 2.24) is 5.32 Å². The average molecular weight is 1240 g/mol. The Morgan fingerprint density at radius 2 is 0.697 bits per heavy atom. The van der Waals surface area contributed by atoms with Crippen LogP contribution >= 0.6 is 0 Å². The standard InChI is InChI=1S/C80H137NO8/c1-3-5-7-9-11-13-15-17-19-21-23-25-27-29-31-32-33-34-35-36-37-38-39-40-41-42-44-46-48-50-52-54-56-58-60-62-64-66-68-70-76(84)81-73(72-88-80-79(87)78(86)77(85)75(71-82)89-80)74(83)69-67-65-63-61-59-57-55-53-51-49-47-45-43-30-28-26-24-22-20-18-16-14-12-10-8-6-4-2/h5,7,11,13,17,19,23,25,29,31,33-34,36-37,39-40,42,44,48,50,67,69,73-75,77-80,82-83,85-87H,3-4,6,8-10,12,14-16,18,20-22,24,26-28,30,32,35,38,41,43,45-47,49,51-66,68,70-72H2,1-2H3,(H,81,84)/b7-5-,13-11-,19-17-,25-23-,31-29-,34-33-,37-36-,40-39-,44-42-,50-48-,69-67+. The van der Waals surface area contributed by atoms with Crippen molar-refractivity contribution in [2.24, 2.45) is 0 Å². The maximum Gasteiger partial charge on any atom is 0.220 e. The molecule has 0 aliphatic carbocycles. The van der Waals surface area contributed by atoms with Crippen LogP contribution in [0.1, 0.15) is 309 Å². The third-order valence-electron chi connectivity index (χ3n) is 16.7. The molecule has 1 saturated heterocycles. The largest absolute Gasteiger partial charge is 0.394 e. The first-order valence-electron chi connectivity index (χ1n) is 36.9. The summed E-state index contributed by atoms with van der Waals surface area (Å²) in [5.74, 6) is -0.187. The molecule has 0 radical (unpaired) electrons. The summed E-state index contributed by atoms with van der Waals surface area (Å²) in [5.41, 5.74) is 0. The topological polar surface area (TPSA) is 149 Å². The van der Waals surface area contributed by atoms with Crippen LogP contribution in [0, 0.1) is 0 Å². The fourth-order valence-corrected chi connectivity index (χ4v) is 11.0. The second-order valence-electron chi connectivity index (χ2n) is 25.0. The molecule has 0 aromatic carbocycles. The van der Waals surface area contributed by atoms with Crippen LogP contribution in [0.5, 0.6) is 0 Å². The summed E-state index contributed by atoms with van der Waals surface area (Å²) in [7, 11) is 0. The third-order valence-corrected chi connectivity index (χ3v) is 16.7. The molecule has 7 unspecified atom stereocenters. The zero-order valence-corrected chi connectivity index (χ0v) is 57.1. The molecule has 510 valence electrons. The summed E-state index contributed by atoms with van der Waals surface area (Å²) in [4.78, 5) is 13.1. The van der Waals surface area contributed by atoms with Gasteiger partial charge in [-0.15, -0.1) is 0 Å². The molecule has 1 heterocycles. The highest BCUT2D eigenvalue weighted by atomic mass is 16.7. The van der Waals surface area contributed by atoms with Gasteiger partial charge in [0, 0.05) is 6.42 Å². The van der Waals surface area contributed by atoms with Gasteiger partial charge in [0.05, 0.1) is 25.4 Å². The van der Waals surface area contributed by atoms with Crippen molar-refractivity contribution in [3.05, 3.63) is 134 Å². The highest BCUT2D eigenvalue weighted by Gasteiger charge is 2.44. The minimum absolute atomic E-state index is 0.187. The van der Waals surface area contributed by atoms with E-state index >= 15 is 0 Å². The number of hydrogen-bond donors (Lipinski definition) is 6. The van der Waals surface area contributed by atoms with Crippen LogP contribution in [0.15, 0.2) is 134 Å². The first kappa shape index (κ1) is 83.3. The van der Waals surface area contributed by atoms with Gasteiger partial charge in [-0.2, -0.15) is 0 Å². The lowest BCUT2D eigenvalue weighted by atomic mass is 9.99. The molecule has 1 aliphatic rings. The lowest BCUT2D eigenvalue weighted by Gasteiger charge is -2.40. The van der Waals surface area contributed by atoms with Crippen molar-refractivity contribution >= 4 is 5.91 Å². The number of allylic oxidation sites excluding steroid dienone is 21. The molecule has 0 bridgehead atoms. The van der Waals surface area contributed by atoms with Crippen molar-refractivity contribution in [3.63, 3.8) is 0 Å². The highest BCUT2D eigenvalue weighted by molar-refractivity contribution is 5.76. The van der Waals surface area contributed by atoms with E-state index in [1.165, 1.54) is 173 Å². The Balaban J connectivity index is 2.16. The molecule has 89 heavy (non-hydrogen) atoms. The summed E-state index contributed by atoms with van der Waals surface area (Å²) in [5, 5.41) is 54.8. The van der Waals surface area contributed by atoms with Crippen LogP contribution in [-0.4, -0.2) is 87.5 Å². The van der Waals surface area contributed by atoms with Gasteiger partial charge in [-0.25, -0.2) is 0 Å². The number of carbonyl (C=O) groups excluding carboxylic acids is 1. The fraction of sp³-hybridized carbons (Fsp3) is 0.713. The predicted molar refractivity (Wildman–Crippen MR) is 382 cm³/mol. The zero-order valence-electron chi connectivity index (χ0n) is 57.1. The van der Waals surface area contributed by atoms with E-state index in [0.29, 0.717) is 6.42 Å². The van der Waals surface area contributed by atoms with Crippen molar-refractivity contribution < 1.29 is 39.8 Å². The van der Waals surface area contributed by atoms with E-state index < -0.39 is 49.5 Å². The molecule has 7 atom stereocenters. The predicted octanol–water partition coefficient (Wildman–Crippen LogP) is 20.8. The maximum atomic E-state index is 13.1. The van der Waals surface area contributed by atoms with E-state index in [-0.39, 0.29) is 12.5 Å². The fourth-order valence-electron chi connectivity index (χ4n) is 11.0. The van der Waals surface area contributed by atoms with Gasteiger partial charge in [-0.05, 0) is 96.3 Å². The number of hydrogen-bond acceptors (Lipinski definition) is 8. The Labute approximate surface area is 547 Å². The van der Waals surface area contributed by atoms with E-state index in [1.54, 1.807) is 6.08 Å². The molecule has 1 fully saturated rings. The minimum Gasteiger partial charge on any atom is -0.394 e. The van der Waals surface area contributed by atoms with Crippen molar-refractivity contribution in [2.75, 3.05) is 13.2 Å². The van der Waals surface area contributed by atoms with Gasteiger partial charge < -0.3 is 40.3 Å². The molecule has 6 N–H and O–H groups in total. The smallest absolute Gasteiger partial charge is 0.220 e. The summed E-state index contributed by atoms with van der Waals surface area (Å²) in [6.07, 6.45) is 95.5. The Hall–Kier alpha value is -3.67. The monoisotopic (exact) mass is 1240 g/mol. The third kappa shape index (κ3) is 55.7. The lowest BCUT2D eigenvalue weighted by Crippen LogP contribution is -2.60. The minimum atomic E-state index is -1.58. The normalized spacial score (nSPS) is 18.7. The van der Waals surface area contributed by atoms with Gasteiger partial charge in [0.15, 0.2) is 6.29 Å². The van der Waals surface area contributed by atoms with Crippen LogP contribution in [-0.2, 0) is 14.3 Å². The number of rotatable bonds is 63. The van der Waals surface area contributed by atoms with E-state index in [2.05, 4.69) is 141 Å². The molecule has 0 spiro atoms. The maximum absolute atomic E-state index is 13.1. The average Bonchev–Trinajstić information content (AvgIpc) is 2.42. The van der Waals surface area contributed by atoms with Crippen LogP contribution < -0.4 is 5.32 Å². The van der Waals surface area contributed by atoms with Gasteiger partial charge in [0.1, 0.15) is 24.4 Å². The number of amides is 1. The van der Waals surface area contributed by atoms with Gasteiger partial charge in [-0.3, -0.25) is 4.79 Å². The molecule has 9 heteroatoms. The Kier molecular flexibility index (Phi) is 63.0. The van der Waals surface area contributed by atoms with Crippen LogP contribution in [0.2, 0.25) is 0 Å². The molecular formula is C80H137NO8. The number of ether oxygens (including phenoxy) is 2. The summed E-state index contributed by atoms with van der Waals surface area (Å²) >= 11 is 0. The summed E-state index contributed by atoms with van der Waals surface area (Å²) < 4.78 is 11.3. The highest BCUT2D eigenvalue weighted by Crippen LogP contribution is 2.23. The molecular weight excluding hydrogens is 1100 g/mol. The lowest BCUT2D eigenvalue weighted by molar-refractivity contribution is -0.302. The molecule has 0 aromatic heterocycles. The Morgan fingerprint density at radius 3 is 1.03 bits per heavy atom. The molecule has 1 rings (SSSR count). The van der Waals surface area contributed by atoms with Crippen molar-refractivity contribution in [3.8, 4) is 0 Å².